The molecule has 0 aromatic carbocycles. The Bertz CT molecular complexity index is 362. The molecular weight excluding hydrogens is 192 g/mol. The molecule has 0 radical (unpaired) electrons. The second-order valence-electron chi connectivity index (χ2n) is 5.60. The molecule has 4 heteroatoms. The summed E-state index contributed by atoms with van der Waals surface area (Å²) in [5.41, 5.74) is -0.175. The van der Waals surface area contributed by atoms with Crippen molar-refractivity contribution in [2.45, 2.75) is 40.0 Å². The Hall–Kier alpha value is -1.06. The Kier molecular flexibility index (Phi) is 1.77. The Morgan fingerprint density at radius 3 is 2.33 bits per heavy atom. The van der Waals surface area contributed by atoms with Crippen LogP contribution in [0.15, 0.2) is 5.10 Å². The van der Waals surface area contributed by atoms with E-state index in [2.05, 4.69) is 12.0 Å². The third-order valence-electron chi connectivity index (χ3n) is 5.30. The summed E-state index contributed by atoms with van der Waals surface area (Å²) in [5, 5.41) is 13.3. The number of fused-ring (bicyclic) bond motifs is 2. The minimum absolute atomic E-state index is 0.139. The van der Waals surface area contributed by atoms with Crippen LogP contribution in [0.5, 0.6) is 0 Å². The van der Waals surface area contributed by atoms with Crippen LogP contribution in [-0.2, 0) is 4.79 Å². The molecule has 2 atom stereocenters. The predicted octanol–water partition coefficient (Wildman–Crippen LogP) is 1.60. The fraction of sp³-hybridized carbons (Fsp3) is 0.818. The zero-order valence-electron chi connectivity index (χ0n) is 9.50. The molecule has 2 saturated carbocycles. The third kappa shape index (κ3) is 0.840. The molecule has 4 nitrogen and oxygen atoms in total. The summed E-state index contributed by atoms with van der Waals surface area (Å²) in [4.78, 5) is 11.5. The van der Waals surface area contributed by atoms with Crippen LogP contribution in [0.25, 0.3) is 0 Å². The predicted molar refractivity (Wildman–Crippen MR) is 57.4 cm³/mol. The molecule has 0 unspecified atom stereocenters. The summed E-state index contributed by atoms with van der Waals surface area (Å²) in [6.07, 6.45) is 2.13. The van der Waals surface area contributed by atoms with E-state index in [1.165, 1.54) is 0 Å². The lowest BCUT2D eigenvalue weighted by Crippen LogP contribution is -2.40. The third-order valence-corrected chi connectivity index (χ3v) is 5.30. The monoisotopic (exact) mass is 210 g/mol. The SMILES string of the molecule is CC1(C)[C@]2(C(=O)O)CC[C@@]1(C)/C(=N/N)C2. The lowest BCUT2D eigenvalue weighted by molar-refractivity contribution is -0.154. The van der Waals surface area contributed by atoms with E-state index >= 15 is 0 Å². The molecule has 2 aliphatic rings. The molecule has 2 rings (SSSR count). The zero-order chi connectivity index (χ0) is 11.5. The van der Waals surface area contributed by atoms with Crippen molar-refractivity contribution in [2.24, 2.45) is 27.2 Å². The normalized spacial score (nSPS) is 44.9. The van der Waals surface area contributed by atoms with Gasteiger partial charge in [-0.15, -0.1) is 0 Å². The number of carboxylic acids is 1. The van der Waals surface area contributed by atoms with Crippen LogP contribution < -0.4 is 5.84 Å². The lowest BCUT2D eigenvalue weighted by Gasteiger charge is -2.37. The van der Waals surface area contributed by atoms with Crippen LogP contribution in [0, 0.1) is 16.2 Å². The van der Waals surface area contributed by atoms with Crippen molar-refractivity contribution in [3.05, 3.63) is 0 Å². The van der Waals surface area contributed by atoms with Crippen molar-refractivity contribution in [2.75, 3.05) is 0 Å². The maximum Gasteiger partial charge on any atom is 0.310 e. The van der Waals surface area contributed by atoms with Gasteiger partial charge in [-0.25, -0.2) is 0 Å². The van der Waals surface area contributed by atoms with E-state index in [-0.39, 0.29) is 10.8 Å². The van der Waals surface area contributed by atoms with Gasteiger partial charge in [0.2, 0.25) is 0 Å². The lowest BCUT2D eigenvalue weighted by atomic mass is 9.65. The van der Waals surface area contributed by atoms with Crippen molar-refractivity contribution in [3.63, 3.8) is 0 Å². The molecule has 0 aromatic rings. The zero-order valence-corrected chi connectivity index (χ0v) is 9.50. The number of rotatable bonds is 1. The van der Waals surface area contributed by atoms with Gasteiger partial charge in [0.05, 0.1) is 5.41 Å². The molecule has 0 aromatic heterocycles. The summed E-state index contributed by atoms with van der Waals surface area (Å²) < 4.78 is 0. The first kappa shape index (κ1) is 10.5. The quantitative estimate of drug-likeness (QED) is 0.510. The van der Waals surface area contributed by atoms with Crippen molar-refractivity contribution in [3.8, 4) is 0 Å². The van der Waals surface area contributed by atoms with E-state index in [9.17, 15) is 9.90 Å². The van der Waals surface area contributed by atoms with E-state index in [0.717, 1.165) is 18.6 Å². The van der Waals surface area contributed by atoms with E-state index in [1.54, 1.807) is 0 Å². The molecule has 0 amide bonds. The Balaban J connectivity index is 2.61. The topological polar surface area (TPSA) is 75.7 Å². The Labute approximate surface area is 89.5 Å². The summed E-state index contributed by atoms with van der Waals surface area (Å²) in [6.45, 7) is 6.16. The van der Waals surface area contributed by atoms with Crippen molar-refractivity contribution in [1.29, 1.82) is 0 Å². The molecule has 0 saturated heterocycles. The van der Waals surface area contributed by atoms with Gasteiger partial charge in [0.15, 0.2) is 0 Å². The Morgan fingerprint density at radius 2 is 2.00 bits per heavy atom. The number of carboxylic acid groups (broad SMARTS) is 1. The average Bonchev–Trinajstić information content (AvgIpc) is 2.46. The summed E-state index contributed by atoms with van der Waals surface area (Å²) >= 11 is 0. The van der Waals surface area contributed by atoms with Gasteiger partial charge in [0.25, 0.3) is 0 Å². The number of nitrogens with zero attached hydrogens (tertiary/aromatic N) is 1. The van der Waals surface area contributed by atoms with E-state index in [1.807, 2.05) is 13.8 Å². The molecule has 0 aliphatic heterocycles. The minimum atomic E-state index is -0.699. The fourth-order valence-corrected chi connectivity index (χ4v) is 3.55. The van der Waals surface area contributed by atoms with Crippen molar-refractivity contribution in [1.82, 2.24) is 0 Å². The highest BCUT2D eigenvalue weighted by atomic mass is 16.4. The second-order valence-corrected chi connectivity index (χ2v) is 5.60. The van der Waals surface area contributed by atoms with Crippen LogP contribution >= 0.6 is 0 Å². The summed E-state index contributed by atoms with van der Waals surface area (Å²) in [6, 6.07) is 0. The number of carbonyl (C=O) groups is 1. The van der Waals surface area contributed by atoms with Gasteiger partial charge in [-0.2, -0.15) is 5.10 Å². The maximum atomic E-state index is 11.5. The molecule has 0 heterocycles. The molecule has 3 N–H and O–H groups in total. The summed E-state index contributed by atoms with van der Waals surface area (Å²) in [7, 11) is 0. The molecule has 2 bridgehead atoms. The smallest absolute Gasteiger partial charge is 0.310 e. The first-order chi connectivity index (χ1) is 6.82. The van der Waals surface area contributed by atoms with Crippen LogP contribution in [0.1, 0.15) is 40.0 Å². The fourth-order valence-electron chi connectivity index (χ4n) is 3.55. The van der Waals surface area contributed by atoms with E-state index in [4.69, 9.17) is 5.84 Å². The maximum absolute atomic E-state index is 11.5. The van der Waals surface area contributed by atoms with Crippen LogP contribution in [0.2, 0.25) is 0 Å². The highest BCUT2D eigenvalue weighted by Gasteiger charge is 2.71. The molecular formula is C11H18N2O2. The van der Waals surface area contributed by atoms with Crippen LogP contribution in [-0.4, -0.2) is 16.8 Å². The highest BCUT2D eigenvalue weighted by Crippen LogP contribution is 2.70. The van der Waals surface area contributed by atoms with Crippen molar-refractivity contribution < 1.29 is 9.90 Å². The number of aliphatic carboxylic acids is 1. The van der Waals surface area contributed by atoms with Gasteiger partial charge in [-0.1, -0.05) is 20.8 Å². The molecule has 2 fully saturated rings. The molecule has 84 valence electrons. The minimum Gasteiger partial charge on any atom is -0.481 e. The molecule has 0 spiro atoms. The molecule has 15 heavy (non-hydrogen) atoms. The van der Waals surface area contributed by atoms with Gasteiger partial charge in [0.1, 0.15) is 0 Å². The van der Waals surface area contributed by atoms with Gasteiger partial charge in [-0.05, 0) is 18.3 Å². The van der Waals surface area contributed by atoms with Gasteiger partial charge in [-0.3, -0.25) is 4.79 Å². The average molecular weight is 210 g/mol. The number of nitrogens with two attached hydrogens (primary N) is 1. The number of hydrogen-bond donors (Lipinski definition) is 2. The van der Waals surface area contributed by atoms with Crippen LogP contribution in [0.4, 0.5) is 0 Å². The highest BCUT2D eigenvalue weighted by molar-refractivity contribution is 6.00. The van der Waals surface area contributed by atoms with Gasteiger partial charge < -0.3 is 10.9 Å². The van der Waals surface area contributed by atoms with E-state index in [0.29, 0.717) is 6.42 Å². The van der Waals surface area contributed by atoms with Gasteiger partial charge >= 0.3 is 5.97 Å². The van der Waals surface area contributed by atoms with Crippen LogP contribution in [0.3, 0.4) is 0 Å². The largest absolute Gasteiger partial charge is 0.481 e. The van der Waals surface area contributed by atoms with E-state index < -0.39 is 11.4 Å². The number of hydrogen-bond acceptors (Lipinski definition) is 3. The van der Waals surface area contributed by atoms with Crippen molar-refractivity contribution >= 4 is 11.7 Å². The standard InChI is InChI=1S/C11H18N2O2/c1-9(2)10(3)4-5-11(9,8(14)15)6-7(10)13-12/h4-6,12H2,1-3H3,(H,14,15)/b13-7+/t10-,11+/m0/s1. The second kappa shape index (κ2) is 2.54. The summed E-state index contributed by atoms with van der Waals surface area (Å²) in [5.74, 6) is 4.68. The molecule has 2 aliphatic carbocycles. The van der Waals surface area contributed by atoms with Gasteiger partial charge in [0, 0.05) is 17.5 Å². The Morgan fingerprint density at radius 1 is 1.40 bits per heavy atom. The first-order valence-corrected chi connectivity index (χ1v) is 5.32. The number of hydrazone groups is 1. The first-order valence-electron chi connectivity index (χ1n) is 5.32.